The van der Waals surface area contributed by atoms with Crippen LogP contribution >= 0.6 is 0 Å². The summed E-state index contributed by atoms with van der Waals surface area (Å²) < 4.78 is 0. The van der Waals surface area contributed by atoms with Crippen molar-refractivity contribution in [2.45, 2.75) is 79.1 Å². The van der Waals surface area contributed by atoms with Gasteiger partial charge in [0.05, 0.1) is 0 Å². The molecule has 0 atom stereocenters. The Hall–Kier alpha value is -5.01. The van der Waals surface area contributed by atoms with Gasteiger partial charge in [0.25, 0.3) is 0 Å². The Morgan fingerprint density at radius 1 is 0.429 bits per heavy atom. The predicted molar refractivity (Wildman–Crippen MR) is 175 cm³/mol. The number of rotatable bonds is 12. The van der Waals surface area contributed by atoms with Crippen LogP contribution in [0.1, 0.15) is 93.0 Å². The van der Waals surface area contributed by atoms with E-state index in [-0.39, 0.29) is 68.1 Å². The van der Waals surface area contributed by atoms with E-state index in [4.69, 9.17) is 19.9 Å². The fourth-order valence-electron chi connectivity index (χ4n) is 6.26. The third-order valence-corrected chi connectivity index (χ3v) is 9.00. The van der Waals surface area contributed by atoms with Gasteiger partial charge in [-0.2, -0.15) is 0 Å². The zero-order valence-corrected chi connectivity index (χ0v) is 28.6. The quantitative estimate of drug-likeness (QED) is 0.139. The number of hydrogen-bond acceptors (Lipinski definition) is 4. The first-order valence-electron chi connectivity index (χ1n) is 15.6. The second kappa shape index (κ2) is 15.0. The van der Waals surface area contributed by atoms with E-state index < -0.39 is 23.9 Å². The van der Waals surface area contributed by atoms with Crippen molar-refractivity contribution in [1.29, 1.82) is 0 Å². The summed E-state index contributed by atoms with van der Waals surface area (Å²) in [6, 6.07) is 0. The van der Waals surface area contributed by atoms with E-state index in [1.807, 2.05) is 27.7 Å². The maximum Gasteiger partial charge on any atom is 0.303 e. The van der Waals surface area contributed by atoms with E-state index in [0.29, 0.717) is 44.2 Å². The number of aromatic nitrogens is 4. The predicted octanol–water partition coefficient (Wildman–Crippen LogP) is 0.444. The molecule has 4 aromatic rings. The van der Waals surface area contributed by atoms with Crippen LogP contribution in [0.2, 0.25) is 0 Å². The molecule has 261 valence electrons. The van der Waals surface area contributed by atoms with Crippen molar-refractivity contribution in [3.8, 4) is 0 Å². The molecule has 0 amide bonds. The van der Waals surface area contributed by atoms with Gasteiger partial charge in [-0.05, 0) is 53.4 Å². The number of carboxylic acid groups (broad SMARTS) is 4. The van der Waals surface area contributed by atoms with Gasteiger partial charge in [-0.25, -0.2) is 0 Å². The molecule has 49 heavy (non-hydrogen) atoms. The molecule has 1 aliphatic heterocycles. The van der Waals surface area contributed by atoms with E-state index in [0.717, 1.165) is 44.5 Å². The van der Waals surface area contributed by atoms with Gasteiger partial charge >= 0.3 is 23.9 Å². The molecule has 0 saturated heterocycles. The second-order valence-corrected chi connectivity index (χ2v) is 12.1. The Kier molecular flexibility index (Phi) is 11.3. The van der Waals surface area contributed by atoms with Crippen molar-refractivity contribution in [3.63, 3.8) is 0 Å². The minimum absolute atomic E-state index is 0. The molecule has 0 fully saturated rings. The summed E-state index contributed by atoms with van der Waals surface area (Å²) in [7, 11) is 0. The van der Waals surface area contributed by atoms with Gasteiger partial charge in [0.2, 0.25) is 0 Å². The fraction of sp³-hybridized carbons (Fsp3) is 0.333. The van der Waals surface area contributed by atoms with Crippen LogP contribution in [0.3, 0.4) is 0 Å². The molecule has 1 aliphatic rings. The van der Waals surface area contributed by atoms with E-state index in [2.05, 4.69) is 0 Å². The average molecular weight is 712 g/mol. The van der Waals surface area contributed by atoms with E-state index in [1.54, 1.807) is 24.3 Å². The van der Waals surface area contributed by atoms with Crippen molar-refractivity contribution >= 4 is 48.2 Å². The summed E-state index contributed by atoms with van der Waals surface area (Å²) in [5.74, 6) is -3.82. The van der Waals surface area contributed by atoms with E-state index >= 15 is 0 Å². The largest absolute Gasteiger partial charge is 0.657 e. The fourth-order valence-corrected chi connectivity index (χ4v) is 6.26. The molecule has 0 saturated carbocycles. The number of carbonyl (C=O) groups is 4. The van der Waals surface area contributed by atoms with Crippen LogP contribution in [0.25, 0.3) is 24.3 Å². The van der Waals surface area contributed by atoms with Crippen molar-refractivity contribution in [2.24, 2.45) is 0 Å². The molecule has 4 N–H and O–H groups in total. The third-order valence-electron chi connectivity index (χ3n) is 9.00. The first kappa shape index (κ1) is 36.8. The molecule has 0 aliphatic carbocycles. The SMILES string of the molecule is Cc1c2[n-]c(c1CCC(=O)O)/C=c1\[n-]/c(c(CCC(=O)O)c1C)=C\c1[n-]c(c(CCC(=O)O)c1C)/C=c1\[n-]/c(c(CCC(=O)O)c1C)=C\2.[Co]. The first-order valence-corrected chi connectivity index (χ1v) is 15.6. The van der Waals surface area contributed by atoms with Crippen LogP contribution in [0.15, 0.2) is 0 Å². The van der Waals surface area contributed by atoms with Gasteiger partial charge in [0, 0.05) is 42.5 Å². The van der Waals surface area contributed by atoms with Gasteiger partial charge in [-0.1, -0.05) is 68.8 Å². The molecular weight excluding hydrogens is 675 g/mol. The summed E-state index contributed by atoms with van der Waals surface area (Å²) in [5, 5.41) is 40.1. The van der Waals surface area contributed by atoms with Crippen LogP contribution in [-0.2, 0) is 61.6 Å². The Morgan fingerprint density at radius 3 is 1.02 bits per heavy atom. The molecule has 0 aromatic carbocycles. The molecule has 13 heteroatoms. The Labute approximate surface area is 291 Å². The molecular formula is C36H36CoN4O8-4. The zero-order valence-electron chi connectivity index (χ0n) is 27.5. The monoisotopic (exact) mass is 711 g/mol. The summed E-state index contributed by atoms with van der Waals surface area (Å²) in [6.07, 6.45) is 7.54. The molecule has 0 unspecified atom stereocenters. The third kappa shape index (κ3) is 8.00. The normalized spacial score (nSPS) is 14.6. The average Bonchev–Trinajstić information content (AvgIpc) is 3.66. The number of aliphatic carboxylic acids is 4. The second-order valence-electron chi connectivity index (χ2n) is 12.1. The van der Waals surface area contributed by atoms with Crippen molar-refractivity contribution < 1.29 is 56.4 Å². The summed E-state index contributed by atoms with van der Waals surface area (Å²) in [6.45, 7) is 7.43. The Balaban J connectivity index is 0.00000541. The minimum Gasteiger partial charge on any atom is -0.657 e. The first-order chi connectivity index (χ1) is 22.7. The van der Waals surface area contributed by atoms with E-state index in [1.165, 1.54) is 0 Å². The van der Waals surface area contributed by atoms with E-state index in [9.17, 15) is 39.6 Å². The number of hydrogen-bond donors (Lipinski definition) is 4. The molecule has 4 aromatic heterocycles. The molecule has 5 rings (SSSR count). The van der Waals surface area contributed by atoms with Crippen LogP contribution in [-0.4, -0.2) is 44.3 Å². The van der Waals surface area contributed by atoms with Gasteiger partial charge in [0.1, 0.15) is 0 Å². The molecule has 8 bridgehead atoms. The summed E-state index contributed by atoms with van der Waals surface area (Å²) in [4.78, 5) is 65.9. The standard InChI is InChI=1S/C36H36N4O8.Co/c1-17-21(5-9-33(41)42)29-14-26-19(3)23(7-11-35(45)46)31(39-26)16-28-20(4)24(8-12-36(47)48)32(40-28)15-27-18(2)22(6-10-34(43)44)30(38-27)13-25(17)37-29;/h13-16H,5-12H2,1-4H3,(H,41,42)(H,43,44)(H,45,46)(H,47,48);/q-4;/b25-13-,26-14?,27-15?,28-16-,29-14-,30-13?,31-16?,32-15-;. The smallest absolute Gasteiger partial charge is 0.303 e. The molecule has 12 nitrogen and oxygen atoms in total. The van der Waals surface area contributed by atoms with Gasteiger partial charge < -0.3 is 40.4 Å². The topological polar surface area (TPSA) is 206 Å². The summed E-state index contributed by atoms with van der Waals surface area (Å²) >= 11 is 0. The Bertz CT molecular complexity index is 2060. The maximum atomic E-state index is 11.6. The van der Waals surface area contributed by atoms with Gasteiger partial charge in [0.15, 0.2) is 0 Å². The van der Waals surface area contributed by atoms with Crippen LogP contribution < -0.4 is 41.3 Å². The van der Waals surface area contributed by atoms with Crippen LogP contribution in [0, 0.1) is 27.7 Å². The molecule has 5 heterocycles. The minimum atomic E-state index is -0.954. The van der Waals surface area contributed by atoms with Gasteiger partial charge in [-0.15, -0.1) is 44.2 Å². The molecule has 1 radical (unpaired) electrons. The zero-order chi connectivity index (χ0) is 34.9. The van der Waals surface area contributed by atoms with Crippen molar-refractivity contribution in [2.75, 3.05) is 0 Å². The summed E-state index contributed by atoms with van der Waals surface area (Å²) in [5.41, 5.74) is 8.16. The number of carboxylic acids is 4. The number of nitrogens with zero attached hydrogens (tertiary/aromatic N) is 4. The van der Waals surface area contributed by atoms with Crippen molar-refractivity contribution in [3.05, 3.63) is 88.7 Å². The van der Waals surface area contributed by atoms with Gasteiger partial charge in [-0.3, -0.25) is 19.2 Å². The number of fused-ring (bicyclic) bond motifs is 8. The molecule has 0 spiro atoms. The van der Waals surface area contributed by atoms with Crippen molar-refractivity contribution in [1.82, 2.24) is 19.9 Å². The van der Waals surface area contributed by atoms with Crippen LogP contribution in [0.5, 0.6) is 0 Å². The Morgan fingerprint density at radius 2 is 0.714 bits per heavy atom. The van der Waals surface area contributed by atoms with Crippen LogP contribution in [0.4, 0.5) is 0 Å². The maximum absolute atomic E-state index is 11.6.